The Morgan fingerprint density at radius 3 is 2.04 bits per heavy atom. The molecule has 0 radical (unpaired) electrons. The molecule has 118 valence electrons. The molecule has 0 saturated heterocycles. The first kappa shape index (κ1) is 15.1. The Bertz CT molecular complexity index is 1010. The lowest BCUT2D eigenvalue weighted by Crippen LogP contribution is -2.02. The maximum atomic E-state index is 11.8. The van der Waals surface area contributed by atoms with Gasteiger partial charge in [-0.05, 0) is 41.3 Å². The van der Waals surface area contributed by atoms with Crippen molar-refractivity contribution in [3.05, 3.63) is 48.5 Å². The third-order valence-corrected chi connectivity index (χ3v) is 4.46. The van der Waals surface area contributed by atoms with Gasteiger partial charge in [0.2, 0.25) is 0 Å². The molecule has 0 aliphatic heterocycles. The smallest absolute Gasteiger partial charge is 0.295 e. The van der Waals surface area contributed by atoms with Gasteiger partial charge in [-0.25, -0.2) is 0 Å². The molecule has 0 unspecified atom stereocenters. The van der Waals surface area contributed by atoms with Gasteiger partial charge in [-0.15, -0.1) is 0 Å². The van der Waals surface area contributed by atoms with E-state index in [4.69, 9.17) is 11.5 Å². The Labute approximate surface area is 132 Å². The quantitative estimate of drug-likeness (QED) is 0.422. The van der Waals surface area contributed by atoms with E-state index in [1.807, 2.05) is 0 Å². The predicted molar refractivity (Wildman–Crippen MR) is 89.7 cm³/mol. The molecule has 0 saturated carbocycles. The van der Waals surface area contributed by atoms with Gasteiger partial charge in [-0.3, -0.25) is 4.55 Å². The fourth-order valence-electron chi connectivity index (χ4n) is 2.55. The van der Waals surface area contributed by atoms with Crippen LogP contribution in [-0.2, 0) is 10.1 Å². The summed E-state index contributed by atoms with van der Waals surface area (Å²) in [6.07, 6.45) is 0. The molecule has 0 heterocycles. The second kappa shape index (κ2) is 5.15. The lowest BCUT2D eigenvalue weighted by molar-refractivity contribution is 0.471. The predicted octanol–water partition coefficient (Wildman–Crippen LogP) is 2.62. The Morgan fingerprint density at radius 2 is 1.43 bits per heavy atom. The molecule has 0 atom stereocenters. The van der Waals surface area contributed by atoms with Crippen molar-refractivity contribution in [2.75, 3.05) is 11.5 Å². The fourth-order valence-corrected chi connectivity index (χ4v) is 3.30. The number of phenolic OH excluding ortho intramolecular Hbond substituents is 1. The third kappa shape index (κ3) is 2.67. The van der Waals surface area contributed by atoms with Gasteiger partial charge >= 0.3 is 0 Å². The summed E-state index contributed by atoms with van der Waals surface area (Å²) in [5.41, 5.74) is 13.2. The van der Waals surface area contributed by atoms with Crippen LogP contribution in [0.25, 0.3) is 21.9 Å². The van der Waals surface area contributed by atoms with Crippen molar-refractivity contribution in [3.8, 4) is 16.9 Å². The Morgan fingerprint density at radius 1 is 0.826 bits per heavy atom. The minimum absolute atomic E-state index is 0.257. The van der Waals surface area contributed by atoms with Crippen molar-refractivity contribution in [1.82, 2.24) is 0 Å². The van der Waals surface area contributed by atoms with Gasteiger partial charge in [0, 0.05) is 28.4 Å². The van der Waals surface area contributed by atoms with Crippen molar-refractivity contribution < 1.29 is 18.1 Å². The fraction of sp³-hybridized carbons (Fsp3) is 0. The van der Waals surface area contributed by atoms with Crippen LogP contribution in [0, 0.1) is 0 Å². The van der Waals surface area contributed by atoms with Gasteiger partial charge in [0.25, 0.3) is 10.1 Å². The first-order valence-corrected chi connectivity index (χ1v) is 8.10. The summed E-state index contributed by atoms with van der Waals surface area (Å²) in [6.45, 7) is 0. The van der Waals surface area contributed by atoms with Crippen molar-refractivity contribution >= 4 is 32.3 Å². The van der Waals surface area contributed by atoms with E-state index in [-0.39, 0.29) is 11.3 Å². The second-order valence-corrected chi connectivity index (χ2v) is 6.56. The second-order valence-electron chi connectivity index (χ2n) is 5.17. The highest BCUT2D eigenvalue weighted by Crippen LogP contribution is 2.40. The van der Waals surface area contributed by atoms with E-state index in [1.54, 1.807) is 42.5 Å². The Hall–Kier alpha value is -2.77. The van der Waals surface area contributed by atoms with Crippen molar-refractivity contribution in [1.29, 1.82) is 0 Å². The highest BCUT2D eigenvalue weighted by Gasteiger charge is 2.22. The van der Waals surface area contributed by atoms with Crippen LogP contribution in [0.15, 0.2) is 53.4 Å². The average molecular weight is 330 g/mol. The molecule has 0 aromatic heterocycles. The standard InChI is InChI=1S/C16H14N2O4S/c17-10-3-1-9(2-4-10)16-13-7-11(18)5-6-12(13)14(19)8-15(16)23(20,21)22/h1-8,19H,17-18H2,(H,20,21,22). The van der Waals surface area contributed by atoms with E-state index in [0.717, 1.165) is 6.07 Å². The summed E-state index contributed by atoms with van der Waals surface area (Å²) in [5, 5.41) is 10.9. The number of fused-ring (bicyclic) bond motifs is 1. The normalized spacial score (nSPS) is 11.7. The van der Waals surface area contributed by atoms with Crippen LogP contribution in [0.4, 0.5) is 11.4 Å². The number of anilines is 2. The van der Waals surface area contributed by atoms with Crippen molar-refractivity contribution in [2.45, 2.75) is 4.90 Å². The number of aromatic hydroxyl groups is 1. The van der Waals surface area contributed by atoms with Gasteiger partial charge in [0.05, 0.1) is 0 Å². The number of hydrogen-bond donors (Lipinski definition) is 4. The molecule has 6 N–H and O–H groups in total. The van der Waals surface area contributed by atoms with Crippen LogP contribution in [-0.4, -0.2) is 18.1 Å². The number of benzene rings is 3. The Balaban J connectivity index is 2.52. The molecule has 3 aromatic rings. The molecule has 0 aliphatic carbocycles. The maximum absolute atomic E-state index is 11.8. The number of nitrogens with two attached hydrogens (primary N) is 2. The lowest BCUT2D eigenvalue weighted by Gasteiger charge is -2.14. The topological polar surface area (TPSA) is 127 Å². The summed E-state index contributed by atoms with van der Waals surface area (Å²) < 4.78 is 33.1. The van der Waals surface area contributed by atoms with Crippen LogP contribution in [0.5, 0.6) is 5.75 Å². The zero-order valence-corrected chi connectivity index (χ0v) is 12.7. The highest BCUT2D eigenvalue weighted by atomic mass is 32.2. The molecule has 3 aromatic carbocycles. The van der Waals surface area contributed by atoms with E-state index in [9.17, 15) is 18.1 Å². The zero-order valence-electron chi connectivity index (χ0n) is 11.9. The van der Waals surface area contributed by atoms with Crippen LogP contribution in [0.1, 0.15) is 0 Å². The molecule has 3 rings (SSSR count). The minimum Gasteiger partial charge on any atom is -0.507 e. The van der Waals surface area contributed by atoms with Gasteiger partial charge in [0.15, 0.2) is 0 Å². The van der Waals surface area contributed by atoms with Crippen LogP contribution in [0.2, 0.25) is 0 Å². The molecule has 6 nitrogen and oxygen atoms in total. The van der Waals surface area contributed by atoms with Crippen molar-refractivity contribution in [2.24, 2.45) is 0 Å². The molecule has 7 heteroatoms. The first-order chi connectivity index (χ1) is 10.8. The van der Waals surface area contributed by atoms with E-state index in [0.29, 0.717) is 27.7 Å². The van der Waals surface area contributed by atoms with E-state index in [2.05, 4.69) is 0 Å². The molecule has 23 heavy (non-hydrogen) atoms. The zero-order chi connectivity index (χ0) is 16.8. The van der Waals surface area contributed by atoms with Gasteiger partial charge in [0.1, 0.15) is 10.6 Å². The summed E-state index contributed by atoms with van der Waals surface area (Å²) in [6, 6.07) is 12.3. The highest BCUT2D eigenvalue weighted by molar-refractivity contribution is 7.86. The molecular formula is C16H14N2O4S. The SMILES string of the molecule is Nc1ccc(-c2c(S(=O)(=O)O)cc(O)c3ccc(N)cc23)cc1. The molecule has 0 fully saturated rings. The minimum atomic E-state index is -4.55. The third-order valence-electron chi connectivity index (χ3n) is 3.58. The largest absolute Gasteiger partial charge is 0.507 e. The van der Waals surface area contributed by atoms with Gasteiger partial charge < -0.3 is 16.6 Å². The van der Waals surface area contributed by atoms with E-state index >= 15 is 0 Å². The first-order valence-electron chi connectivity index (χ1n) is 6.66. The monoisotopic (exact) mass is 330 g/mol. The summed E-state index contributed by atoms with van der Waals surface area (Å²) in [5.74, 6) is -0.258. The average Bonchev–Trinajstić information content (AvgIpc) is 2.47. The number of rotatable bonds is 2. The molecule has 0 amide bonds. The lowest BCUT2D eigenvalue weighted by atomic mass is 9.97. The van der Waals surface area contributed by atoms with Gasteiger partial charge in [-0.2, -0.15) is 8.42 Å². The number of phenols is 1. The van der Waals surface area contributed by atoms with E-state index in [1.165, 1.54) is 0 Å². The summed E-state index contributed by atoms with van der Waals surface area (Å²) in [7, 11) is -4.55. The molecule has 0 aliphatic rings. The van der Waals surface area contributed by atoms with Gasteiger partial charge in [-0.1, -0.05) is 12.1 Å². The summed E-state index contributed by atoms with van der Waals surface area (Å²) in [4.78, 5) is -0.391. The summed E-state index contributed by atoms with van der Waals surface area (Å²) >= 11 is 0. The maximum Gasteiger partial charge on any atom is 0.295 e. The van der Waals surface area contributed by atoms with Crippen LogP contribution >= 0.6 is 0 Å². The molecular weight excluding hydrogens is 316 g/mol. The Kier molecular flexibility index (Phi) is 3.39. The van der Waals surface area contributed by atoms with Crippen LogP contribution in [0.3, 0.4) is 0 Å². The number of hydrogen-bond acceptors (Lipinski definition) is 5. The molecule has 0 spiro atoms. The number of nitrogen functional groups attached to an aromatic ring is 2. The van der Waals surface area contributed by atoms with Crippen molar-refractivity contribution in [3.63, 3.8) is 0 Å². The van der Waals surface area contributed by atoms with Crippen LogP contribution < -0.4 is 11.5 Å². The molecule has 0 bridgehead atoms. The van der Waals surface area contributed by atoms with E-state index < -0.39 is 15.0 Å².